The molecule has 116 valence electrons. The Hall–Kier alpha value is -1.32. The van der Waals surface area contributed by atoms with Crippen molar-refractivity contribution in [3.05, 3.63) is 12.2 Å². The summed E-state index contributed by atoms with van der Waals surface area (Å²) >= 11 is 0. The molecule has 0 fully saturated rings. The average Bonchev–Trinajstić information content (AvgIpc) is 2.38. The second-order valence-corrected chi connectivity index (χ2v) is 5.16. The van der Waals surface area contributed by atoms with E-state index in [9.17, 15) is 9.59 Å². The lowest BCUT2D eigenvalue weighted by atomic mass is 10.1. The summed E-state index contributed by atoms with van der Waals surface area (Å²) in [5.41, 5.74) is 0. The van der Waals surface area contributed by atoms with Crippen molar-refractivity contribution in [2.24, 2.45) is 0 Å². The van der Waals surface area contributed by atoms with Gasteiger partial charge in [0.1, 0.15) is 0 Å². The summed E-state index contributed by atoms with van der Waals surface area (Å²) in [6, 6.07) is 0. The zero-order valence-electron chi connectivity index (χ0n) is 12.4. The van der Waals surface area contributed by atoms with Crippen LogP contribution < -0.4 is 0 Å². The van der Waals surface area contributed by atoms with Crippen LogP contribution in [0.2, 0.25) is 0 Å². The number of carboxylic acids is 2. The van der Waals surface area contributed by atoms with Crippen LogP contribution in [0.4, 0.5) is 0 Å². The van der Waals surface area contributed by atoms with E-state index >= 15 is 0 Å². The van der Waals surface area contributed by atoms with Gasteiger partial charge in [-0.1, -0.05) is 37.8 Å². The van der Waals surface area contributed by atoms with Crippen LogP contribution in [-0.2, 0) is 9.59 Å². The number of carbonyl (C=O) groups is 2. The molecule has 0 spiro atoms. The lowest BCUT2D eigenvalue weighted by Crippen LogP contribution is -1.93. The highest BCUT2D eigenvalue weighted by Gasteiger charge is 1.96. The molecule has 20 heavy (non-hydrogen) atoms. The zero-order valence-corrected chi connectivity index (χ0v) is 12.4. The van der Waals surface area contributed by atoms with Gasteiger partial charge in [-0.3, -0.25) is 9.59 Å². The number of allylic oxidation sites excluding steroid dienone is 2. The summed E-state index contributed by atoms with van der Waals surface area (Å²) in [5, 5.41) is 17.0. The van der Waals surface area contributed by atoms with Gasteiger partial charge in [0.15, 0.2) is 0 Å². The topological polar surface area (TPSA) is 74.6 Å². The minimum absolute atomic E-state index is 0.289. The van der Waals surface area contributed by atoms with Gasteiger partial charge in [0.2, 0.25) is 0 Å². The van der Waals surface area contributed by atoms with E-state index in [0.717, 1.165) is 64.2 Å². The average molecular weight is 284 g/mol. The van der Waals surface area contributed by atoms with Crippen LogP contribution in [0, 0.1) is 0 Å². The number of unbranched alkanes of at least 4 members (excludes halogenated alkanes) is 8. The third-order valence-electron chi connectivity index (χ3n) is 3.19. The van der Waals surface area contributed by atoms with E-state index < -0.39 is 11.9 Å². The molecular weight excluding hydrogens is 256 g/mol. The largest absolute Gasteiger partial charge is 0.481 e. The van der Waals surface area contributed by atoms with Gasteiger partial charge in [-0.05, 0) is 38.5 Å². The van der Waals surface area contributed by atoms with Gasteiger partial charge in [-0.2, -0.15) is 0 Å². The molecular formula is C16H28O4. The Kier molecular flexibility index (Phi) is 13.2. The summed E-state index contributed by atoms with van der Waals surface area (Å²) in [4.78, 5) is 20.6. The van der Waals surface area contributed by atoms with Crippen molar-refractivity contribution in [1.29, 1.82) is 0 Å². The molecule has 0 bridgehead atoms. The number of carboxylic acid groups (broad SMARTS) is 2. The van der Waals surface area contributed by atoms with E-state index in [-0.39, 0.29) is 12.8 Å². The molecule has 0 aromatic carbocycles. The third-order valence-corrected chi connectivity index (χ3v) is 3.19. The summed E-state index contributed by atoms with van der Waals surface area (Å²) in [6.45, 7) is 0. The lowest BCUT2D eigenvalue weighted by Gasteiger charge is -1.98. The fourth-order valence-electron chi connectivity index (χ4n) is 2.02. The van der Waals surface area contributed by atoms with E-state index in [2.05, 4.69) is 12.2 Å². The maximum absolute atomic E-state index is 10.3. The summed E-state index contributed by atoms with van der Waals surface area (Å²) < 4.78 is 0. The Morgan fingerprint density at radius 1 is 0.600 bits per heavy atom. The summed E-state index contributed by atoms with van der Waals surface area (Å²) in [7, 11) is 0. The number of rotatable bonds is 14. The van der Waals surface area contributed by atoms with Gasteiger partial charge >= 0.3 is 11.9 Å². The molecule has 0 aromatic rings. The Bertz CT molecular complexity index is 256. The molecule has 0 unspecified atom stereocenters. The Morgan fingerprint density at radius 2 is 0.950 bits per heavy atom. The molecule has 0 aliphatic carbocycles. The molecule has 0 heterocycles. The second-order valence-electron chi connectivity index (χ2n) is 5.16. The van der Waals surface area contributed by atoms with Gasteiger partial charge in [-0.15, -0.1) is 0 Å². The minimum Gasteiger partial charge on any atom is -0.481 e. The molecule has 0 saturated carbocycles. The molecule has 0 amide bonds. The van der Waals surface area contributed by atoms with Crippen molar-refractivity contribution in [2.45, 2.75) is 77.0 Å². The first-order valence-corrected chi connectivity index (χ1v) is 7.71. The highest BCUT2D eigenvalue weighted by molar-refractivity contribution is 5.66. The first-order valence-electron chi connectivity index (χ1n) is 7.71. The molecule has 0 aromatic heterocycles. The Morgan fingerprint density at radius 3 is 1.30 bits per heavy atom. The SMILES string of the molecule is O=C(O)CCCCCC/C=C\CCCCCCC(=O)O. The first kappa shape index (κ1) is 18.7. The van der Waals surface area contributed by atoms with Crippen LogP contribution in [0.5, 0.6) is 0 Å². The smallest absolute Gasteiger partial charge is 0.303 e. The standard InChI is InChI=1S/C16H28O4/c17-15(18)13-11-9-7-5-3-1-2-4-6-8-10-12-14-16(19)20/h1-2H,3-14H2,(H,17,18)(H,19,20)/b2-1-. The fraction of sp³-hybridized carbons (Fsp3) is 0.750. The van der Waals surface area contributed by atoms with Gasteiger partial charge in [-0.25, -0.2) is 0 Å². The zero-order chi connectivity index (χ0) is 15.1. The molecule has 4 nitrogen and oxygen atoms in total. The molecule has 0 radical (unpaired) electrons. The van der Waals surface area contributed by atoms with Crippen molar-refractivity contribution in [2.75, 3.05) is 0 Å². The maximum Gasteiger partial charge on any atom is 0.303 e. The van der Waals surface area contributed by atoms with Crippen molar-refractivity contribution >= 4 is 11.9 Å². The van der Waals surface area contributed by atoms with E-state index in [1.807, 2.05) is 0 Å². The van der Waals surface area contributed by atoms with Gasteiger partial charge in [0.05, 0.1) is 0 Å². The molecule has 4 heteroatoms. The highest BCUT2D eigenvalue weighted by Crippen LogP contribution is 2.08. The summed E-state index contributed by atoms with van der Waals surface area (Å²) in [6.07, 6.45) is 15.2. The normalized spacial score (nSPS) is 11.0. The Labute approximate surface area is 121 Å². The van der Waals surface area contributed by atoms with Gasteiger partial charge < -0.3 is 10.2 Å². The summed E-state index contributed by atoms with van der Waals surface area (Å²) in [5.74, 6) is -1.40. The highest BCUT2D eigenvalue weighted by atomic mass is 16.4. The third kappa shape index (κ3) is 16.7. The Balaban J connectivity index is 3.12. The van der Waals surface area contributed by atoms with E-state index in [0.29, 0.717) is 0 Å². The van der Waals surface area contributed by atoms with E-state index in [1.54, 1.807) is 0 Å². The van der Waals surface area contributed by atoms with Crippen LogP contribution in [-0.4, -0.2) is 22.2 Å². The van der Waals surface area contributed by atoms with E-state index in [4.69, 9.17) is 10.2 Å². The fourth-order valence-corrected chi connectivity index (χ4v) is 2.02. The first-order chi connectivity index (χ1) is 9.63. The monoisotopic (exact) mass is 284 g/mol. The predicted octanol–water partition coefficient (Wildman–Crippen LogP) is 4.39. The quantitative estimate of drug-likeness (QED) is 0.366. The van der Waals surface area contributed by atoms with Crippen LogP contribution in [0.1, 0.15) is 77.0 Å². The van der Waals surface area contributed by atoms with Crippen LogP contribution in [0.25, 0.3) is 0 Å². The van der Waals surface area contributed by atoms with Gasteiger partial charge in [0, 0.05) is 12.8 Å². The van der Waals surface area contributed by atoms with Crippen LogP contribution in [0.15, 0.2) is 12.2 Å². The van der Waals surface area contributed by atoms with E-state index in [1.165, 1.54) is 0 Å². The van der Waals surface area contributed by atoms with Crippen molar-refractivity contribution < 1.29 is 19.8 Å². The number of hydrogen-bond acceptors (Lipinski definition) is 2. The van der Waals surface area contributed by atoms with Crippen LogP contribution in [0.3, 0.4) is 0 Å². The maximum atomic E-state index is 10.3. The second kappa shape index (κ2) is 14.1. The van der Waals surface area contributed by atoms with Crippen molar-refractivity contribution in [3.63, 3.8) is 0 Å². The van der Waals surface area contributed by atoms with Crippen molar-refractivity contribution in [1.82, 2.24) is 0 Å². The van der Waals surface area contributed by atoms with Gasteiger partial charge in [0.25, 0.3) is 0 Å². The minimum atomic E-state index is -0.701. The lowest BCUT2D eigenvalue weighted by molar-refractivity contribution is -0.138. The molecule has 0 saturated heterocycles. The molecule has 0 aliphatic heterocycles. The van der Waals surface area contributed by atoms with Crippen LogP contribution >= 0.6 is 0 Å². The molecule has 0 atom stereocenters. The number of aliphatic carboxylic acids is 2. The van der Waals surface area contributed by atoms with Crippen molar-refractivity contribution in [3.8, 4) is 0 Å². The molecule has 0 aliphatic rings. The molecule has 0 rings (SSSR count). The predicted molar refractivity (Wildman–Crippen MR) is 79.8 cm³/mol. The molecule has 2 N–H and O–H groups in total. The number of hydrogen-bond donors (Lipinski definition) is 2.